The topological polar surface area (TPSA) is 19.4 Å². The summed E-state index contributed by atoms with van der Waals surface area (Å²) in [5, 5.41) is 0. The number of likely N-dealkylation sites (tertiary alicyclic amines) is 2. The number of piperidine rings is 2. The normalized spacial score (nSPS) is 33.0. The van der Waals surface area contributed by atoms with Crippen LogP contribution in [-0.4, -0.2) is 150 Å². The summed E-state index contributed by atoms with van der Waals surface area (Å²) in [7, 11) is 11.0. The van der Waals surface area contributed by atoms with E-state index in [1.165, 1.54) is 143 Å². The van der Waals surface area contributed by atoms with Crippen molar-refractivity contribution in [1.82, 2.24) is 29.4 Å². The van der Waals surface area contributed by atoms with Crippen LogP contribution < -0.4 is 0 Å². The highest BCUT2D eigenvalue weighted by atomic mass is 15.2. The van der Waals surface area contributed by atoms with E-state index in [-0.39, 0.29) is 0 Å². The molecule has 2 aliphatic carbocycles. The molecule has 0 aromatic carbocycles. The van der Waals surface area contributed by atoms with E-state index < -0.39 is 0 Å². The largest absolute Gasteiger partial charge is 0.306 e. The number of rotatable bonds is 2. The second-order valence-electron chi connectivity index (χ2n) is 16.7. The van der Waals surface area contributed by atoms with Gasteiger partial charge >= 0.3 is 0 Å². The summed E-state index contributed by atoms with van der Waals surface area (Å²) in [6.07, 6.45) is 19.3. The fourth-order valence-electron chi connectivity index (χ4n) is 8.23. The lowest BCUT2D eigenvalue weighted by Gasteiger charge is -2.45. The fourth-order valence-corrected chi connectivity index (χ4v) is 8.23. The average Bonchev–Trinajstić information content (AvgIpc) is 3.03. The number of piperazine rings is 2. The summed E-state index contributed by atoms with van der Waals surface area (Å²) in [5.41, 5.74) is 1.55. The van der Waals surface area contributed by atoms with Gasteiger partial charge in [-0.1, -0.05) is 46.5 Å². The van der Waals surface area contributed by atoms with Crippen LogP contribution in [0.1, 0.15) is 104 Å². The SMILES string of the molecule is CC1CCC2(CC1)CCC(C)CC2.CCCN1CCN(C)CC1.CN1CCC2(CC1)CCN(C)CC2.CN1CCN(C)CC1. The van der Waals surface area contributed by atoms with Crippen LogP contribution in [0.25, 0.3) is 0 Å². The van der Waals surface area contributed by atoms with Crippen LogP contribution in [0, 0.1) is 22.7 Å². The maximum atomic E-state index is 2.54. The van der Waals surface area contributed by atoms with Crippen LogP contribution in [0.3, 0.4) is 0 Å². The molecule has 44 heavy (non-hydrogen) atoms. The number of hydrogen-bond acceptors (Lipinski definition) is 6. The summed E-state index contributed by atoms with van der Waals surface area (Å²) in [5.74, 6) is 2.04. The lowest BCUT2D eigenvalue weighted by molar-refractivity contribution is 0.0519. The summed E-state index contributed by atoms with van der Waals surface area (Å²) in [6.45, 7) is 23.7. The second-order valence-corrected chi connectivity index (χ2v) is 16.7. The number of hydrogen-bond donors (Lipinski definition) is 0. The Morgan fingerprint density at radius 3 is 1.00 bits per heavy atom. The van der Waals surface area contributed by atoms with E-state index >= 15 is 0 Å². The third kappa shape index (κ3) is 13.9. The van der Waals surface area contributed by atoms with Gasteiger partial charge in [-0.2, -0.15) is 0 Å². The third-order valence-electron chi connectivity index (χ3n) is 12.6. The minimum atomic E-state index is 0.735. The highest BCUT2D eigenvalue weighted by Crippen LogP contribution is 2.49. The number of nitrogens with zero attached hydrogens (tertiary/aromatic N) is 6. The first-order valence-corrected chi connectivity index (χ1v) is 19.2. The molecule has 2 spiro atoms. The van der Waals surface area contributed by atoms with Crippen molar-refractivity contribution in [3.63, 3.8) is 0 Å². The molecule has 6 fully saturated rings. The minimum absolute atomic E-state index is 0.735. The van der Waals surface area contributed by atoms with Crippen molar-refractivity contribution in [3.8, 4) is 0 Å². The molecule has 6 rings (SSSR count). The molecule has 0 unspecified atom stereocenters. The molecule has 0 amide bonds. The molecule has 4 heterocycles. The Bertz CT molecular complexity index is 615. The minimum Gasteiger partial charge on any atom is -0.306 e. The van der Waals surface area contributed by atoms with Gasteiger partial charge in [-0.05, 0) is 148 Å². The Morgan fingerprint density at radius 1 is 0.409 bits per heavy atom. The summed E-state index contributed by atoms with van der Waals surface area (Å²) in [4.78, 5) is 14.6. The maximum absolute atomic E-state index is 2.54. The standard InChI is InChI=1S/C13H24.C11H22N2.C8H18N2.C6H14N2/c1-11-3-7-13(8-4-11)9-5-12(2)6-10-13;1-12-7-3-11(4-8-12)5-9-13(2)10-6-11;1-3-4-10-7-5-9(2)6-8-10;1-7-3-5-8(2)6-4-7/h11-12H,3-10H2,1-2H3;3-10H2,1-2H3;3-8H2,1-2H3;3-6H2,1-2H3. The molecule has 260 valence electrons. The molecule has 6 aliphatic rings. The molecule has 2 saturated carbocycles. The number of likely N-dealkylation sites (N-methyl/N-ethyl adjacent to an activating group) is 3. The van der Waals surface area contributed by atoms with E-state index in [0.29, 0.717) is 0 Å². The molecule has 4 aliphatic heterocycles. The average molecular weight is 619 g/mol. The zero-order chi connectivity index (χ0) is 32.0. The van der Waals surface area contributed by atoms with Crippen LogP contribution in [-0.2, 0) is 0 Å². The van der Waals surface area contributed by atoms with Gasteiger partial charge in [-0.15, -0.1) is 0 Å². The van der Waals surface area contributed by atoms with E-state index in [1.54, 1.807) is 25.7 Å². The second kappa shape index (κ2) is 19.5. The Morgan fingerprint density at radius 2 is 0.682 bits per heavy atom. The first kappa shape index (κ1) is 38.2. The van der Waals surface area contributed by atoms with Gasteiger partial charge in [0.2, 0.25) is 0 Å². The van der Waals surface area contributed by atoms with Crippen molar-refractivity contribution in [2.45, 2.75) is 104 Å². The van der Waals surface area contributed by atoms with Crippen LogP contribution in [0.5, 0.6) is 0 Å². The van der Waals surface area contributed by atoms with Crippen LogP contribution in [0.4, 0.5) is 0 Å². The molecule has 0 aromatic rings. The molecule has 0 bridgehead atoms. The first-order chi connectivity index (χ1) is 21.0. The van der Waals surface area contributed by atoms with Crippen LogP contribution >= 0.6 is 0 Å². The van der Waals surface area contributed by atoms with Crippen LogP contribution in [0.15, 0.2) is 0 Å². The highest BCUT2D eigenvalue weighted by molar-refractivity contribution is 4.90. The van der Waals surface area contributed by atoms with Crippen molar-refractivity contribution in [3.05, 3.63) is 0 Å². The van der Waals surface area contributed by atoms with Crippen molar-refractivity contribution in [1.29, 1.82) is 0 Å². The van der Waals surface area contributed by atoms with E-state index in [1.807, 2.05) is 0 Å². The Labute approximate surface area is 276 Å². The van der Waals surface area contributed by atoms with E-state index in [2.05, 4.69) is 85.4 Å². The molecular weight excluding hydrogens is 540 g/mol. The van der Waals surface area contributed by atoms with Gasteiger partial charge in [-0.25, -0.2) is 0 Å². The van der Waals surface area contributed by atoms with Gasteiger partial charge in [0, 0.05) is 52.4 Å². The molecule has 4 saturated heterocycles. The third-order valence-corrected chi connectivity index (χ3v) is 12.6. The zero-order valence-corrected chi connectivity index (χ0v) is 31.2. The summed E-state index contributed by atoms with van der Waals surface area (Å²) in [6, 6.07) is 0. The van der Waals surface area contributed by atoms with Gasteiger partial charge in [-0.3, -0.25) is 0 Å². The highest BCUT2D eigenvalue weighted by Gasteiger charge is 2.37. The van der Waals surface area contributed by atoms with E-state index in [4.69, 9.17) is 0 Å². The Balaban J connectivity index is 0.000000163. The van der Waals surface area contributed by atoms with Gasteiger partial charge in [0.25, 0.3) is 0 Å². The summed E-state index contributed by atoms with van der Waals surface area (Å²) < 4.78 is 0. The predicted molar refractivity (Wildman–Crippen MR) is 193 cm³/mol. The fraction of sp³-hybridized carbons (Fsp3) is 1.00. The smallest absolute Gasteiger partial charge is 0.0110 e. The monoisotopic (exact) mass is 619 g/mol. The predicted octanol–water partition coefficient (Wildman–Crippen LogP) is 6.32. The summed E-state index contributed by atoms with van der Waals surface area (Å²) >= 11 is 0. The molecule has 6 nitrogen and oxygen atoms in total. The van der Waals surface area contributed by atoms with E-state index in [9.17, 15) is 0 Å². The molecule has 0 atom stereocenters. The van der Waals surface area contributed by atoms with Gasteiger partial charge < -0.3 is 29.4 Å². The van der Waals surface area contributed by atoms with Crippen molar-refractivity contribution in [2.75, 3.05) is 120 Å². The van der Waals surface area contributed by atoms with Crippen molar-refractivity contribution >= 4 is 0 Å². The van der Waals surface area contributed by atoms with Gasteiger partial charge in [0.1, 0.15) is 0 Å². The van der Waals surface area contributed by atoms with Crippen molar-refractivity contribution < 1.29 is 0 Å². The molecule has 0 aromatic heterocycles. The first-order valence-electron chi connectivity index (χ1n) is 19.2. The maximum Gasteiger partial charge on any atom is 0.0110 e. The molecule has 0 N–H and O–H groups in total. The molecule has 0 radical (unpaired) electrons. The van der Waals surface area contributed by atoms with Crippen molar-refractivity contribution in [2.24, 2.45) is 22.7 Å². The van der Waals surface area contributed by atoms with E-state index in [0.717, 1.165) is 22.7 Å². The Hall–Kier alpha value is -0.240. The van der Waals surface area contributed by atoms with Crippen LogP contribution in [0.2, 0.25) is 0 Å². The quantitative estimate of drug-likeness (QED) is 0.358. The Kier molecular flexibility index (Phi) is 17.0. The lowest BCUT2D eigenvalue weighted by Crippen LogP contribution is -2.44. The lowest BCUT2D eigenvalue weighted by atomic mass is 9.62. The van der Waals surface area contributed by atoms with Gasteiger partial charge in [0.05, 0.1) is 0 Å². The zero-order valence-electron chi connectivity index (χ0n) is 31.2. The van der Waals surface area contributed by atoms with Gasteiger partial charge in [0.15, 0.2) is 0 Å². The molecule has 6 heteroatoms. The molecular formula is C38H78N6.